The van der Waals surface area contributed by atoms with Crippen molar-refractivity contribution in [3.05, 3.63) is 12.7 Å². The Labute approximate surface area is 163 Å². The standard InChI is InChI=1S/C18H25N5O4.H2O/c1-2-3-4-5-6-7-8-26-9-12-14(24)15(25)18(27-12)23-11-22-13-16(19)20-10-21-17(13)23;/h10-12,14-15,18,24-25H,2-5,8-9H2,1H3,(H2,19,20,21);1H2/t12-,14-,15-,18-;/m1./s1. The van der Waals surface area contributed by atoms with Gasteiger partial charge in [-0.05, 0) is 6.42 Å². The number of nitrogens with zero attached hydrogens (tertiary/aromatic N) is 4. The molecule has 3 heterocycles. The van der Waals surface area contributed by atoms with E-state index in [1.165, 1.54) is 30.1 Å². The Morgan fingerprint density at radius 3 is 2.82 bits per heavy atom. The summed E-state index contributed by atoms with van der Waals surface area (Å²) in [6, 6.07) is 0. The molecule has 4 atom stereocenters. The summed E-state index contributed by atoms with van der Waals surface area (Å²) in [5, 5.41) is 20.6. The molecule has 10 heteroatoms. The van der Waals surface area contributed by atoms with Crippen molar-refractivity contribution < 1.29 is 25.2 Å². The molecule has 28 heavy (non-hydrogen) atoms. The Balaban J connectivity index is 0.00000280. The van der Waals surface area contributed by atoms with E-state index in [9.17, 15) is 10.2 Å². The number of unbranched alkanes of at least 4 members (excludes halogenated alkanes) is 3. The van der Waals surface area contributed by atoms with E-state index in [4.69, 9.17) is 15.2 Å². The molecule has 10 nitrogen and oxygen atoms in total. The number of nitrogens with two attached hydrogens (primary N) is 1. The van der Waals surface area contributed by atoms with Gasteiger partial charge in [-0.1, -0.05) is 25.7 Å². The number of imidazole rings is 1. The predicted molar refractivity (Wildman–Crippen MR) is 102 cm³/mol. The van der Waals surface area contributed by atoms with Gasteiger partial charge in [0.05, 0.1) is 12.9 Å². The number of ether oxygens (including phenoxy) is 2. The second-order valence-corrected chi connectivity index (χ2v) is 6.46. The fraction of sp³-hybridized carbons (Fsp3) is 0.611. The number of anilines is 1. The number of hydrogen-bond acceptors (Lipinski definition) is 8. The molecule has 0 aliphatic carbocycles. The fourth-order valence-electron chi connectivity index (χ4n) is 2.98. The lowest BCUT2D eigenvalue weighted by atomic mass is 10.1. The summed E-state index contributed by atoms with van der Waals surface area (Å²) in [5.74, 6) is 6.24. The highest BCUT2D eigenvalue weighted by atomic mass is 16.6. The molecule has 0 radical (unpaired) electrons. The van der Waals surface area contributed by atoms with Crippen molar-refractivity contribution in [3.8, 4) is 11.8 Å². The normalized spacial score (nSPS) is 24.0. The number of hydrogen-bond donors (Lipinski definition) is 3. The van der Waals surface area contributed by atoms with E-state index in [0.29, 0.717) is 11.2 Å². The SMILES string of the molecule is CCCCCC#CCOC[C@H]1O[C@@H](n2cnc3c(N)ncnc32)[C@H](O)[C@@H]1O.O. The number of rotatable bonds is 7. The Bertz CT molecular complexity index is 818. The van der Waals surface area contributed by atoms with Crippen LogP contribution in [0, 0.1) is 11.8 Å². The molecule has 1 fully saturated rings. The maximum absolute atomic E-state index is 10.4. The highest BCUT2D eigenvalue weighted by molar-refractivity contribution is 5.81. The van der Waals surface area contributed by atoms with E-state index < -0.39 is 24.5 Å². The number of aliphatic hydroxyl groups excluding tert-OH is 2. The van der Waals surface area contributed by atoms with Crippen LogP contribution in [0.15, 0.2) is 12.7 Å². The minimum absolute atomic E-state index is 0. The number of fused-ring (bicyclic) bond motifs is 1. The zero-order valence-corrected chi connectivity index (χ0v) is 15.8. The van der Waals surface area contributed by atoms with Crippen LogP contribution in [0.25, 0.3) is 11.2 Å². The van der Waals surface area contributed by atoms with Gasteiger partial charge in [0.2, 0.25) is 0 Å². The third-order valence-electron chi connectivity index (χ3n) is 4.49. The van der Waals surface area contributed by atoms with Crippen LogP contribution in [-0.4, -0.2) is 66.7 Å². The maximum atomic E-state index is 10.4. The van der Waals surface area contributed by atoms with Gasteiger partial charge in [0, 0.05) is 6.42 Å². The van der Waals surface area contributed by atoms with E-state index >= 15 is 0 Å². The summed E-state index contributed by atoms with van der Waals surface area (Å²) in [4.78, 5) is 12.2. The van der Waals surface area contributed by atoms with Crippen molar-refractivity contribution in [3.63, 3.8) is 0 Å². The van der Waals surface area contributed by atoms with Crippen molar-refractivity contribution in [1.29, 1.82) is 0 Å². The largest absolute Gasteiger partial charge is 0.412 e. The lowest BCUT2D eigenvalue weighted by molar-refractivity contribution is -0.0615. The van der Waals surface area contributed by atoms with Crippen LogP contribution in [0.1, 0.15) is 38.8 Å². The van der Waals surface area contributed by atoms with Gasteiger partial charge in [0.15, 0.2) is 17.7 Å². The van der Waals surface area contributed by atoms with Crippen LogP contribution in [0.3, 0.4) is 0 Å². The lowest BCUT2D eigenvalue weighted by Crippen LogP contribution is -2.33. The van der Waals surface area contributed by atoms with Gasteiger partial charge in [-0.25, -0.2) is 15.0 Å². The Kier molecular flexibility index (Phi) is 8.10. The Morgan fingerprint density at radius 1 is 1.21 bits per heavy atom. The molecule has 1 aliphatic heterocycles. The van der Waals surface area contributed by atoms with E-state index in [0.717, 1.165) is 12.8 Å². The minimum atomic E-state index is -1.15. The molecule has 6 N–H and O–H groups in total. The fourth-order valence-corrected chi connectivity index (χ4v) is 2.98. The molecule has 2 aromatic rings. The molecule has 0 amide bonds. The number of aromatic nitrogens is 4. The van der Waals surface area contributed by atoms with E-state index in [2.05, 4.69) is 33.7 Å². The zero-order chi connectivity index (χ0) is 19.2. The lowest BCUT2D eigenvalue weighted by Gasteiger charge is -2.16. The van der Waals surface area contributed by atoms with Crippen molar-refractivity contribution in [1.82, 2.24) is 19.5 Å². The quantitative estimate of drug-likeness (QED) is 0.431. The first-order valence-electron chi connectivity index (χ1n) is 9.11. The monoisotopic (exact) mass is 393 g/mol. The van der Waals surface area contributed by atoms with Gasteiger partial charge in [-0.15, -0.1) is 5.92 Å². The van der Waals surface area contributed by atoms with Crippen LogP contribution in [0.2, 0.25) is 0 Å². The topological polar surface area (TPSA) is 160 Å². The Morgan fingerprint density at radius 2 is 2.04 bits per heavy atom. The van der Waals surface area contributed by atoms with Crippen LogP contribution < -0.4 is 5.73 Å². The van der Waals surface area contributed by atoms with Crippen LogP contribution in [0.4, 0.5) is 5.82 Å². The highest BCUT2D eigenvalue weighted by Crippen LogP contribution is 2.32. The van der Waals surface area contributed by atoms with E-state index in [-0.39, 0.29) is 24.5 Å². The minimum Gasteiger partial charge on any atom is -0.412 e. The summed E-state index contributed by atoms with van der Waals surface area (Å²) in [6.45, 7) is 2.54. The number of aliphatic hydroxyl groups is 2. The third kappa shape index (κ3) is 4.76. The predicted octanol–water partition coefficient (Wildman–Crippen LogP) is -0.197. The van der Waals surface area contributed by atoms with Crippen molar-refractivity contribution in [2.24, 2.45) is 0 Å². The van der Waals surface area contributed by atoms with Crippen molar-refractivity contribution in [2.45, 2.75) is 57.1 Å². The van der Waals surface area contributed by atoms with E-state index in [1.807, 2.05) is 0 Å². The van der Waals surface area contributed by atoms with Crippen molar-refractivity contribution in [2.75, 3.05) is 18.9 Å². The van der Waals surface area contributed by atoms with Gasteiger partial charge in [-0.2, -0.15) is 0 Å². The molecular formula is C18H27N5O5. The molecule has 0 bridgehead atoms. The molecule has 2 aromatic heterocycles. The first kappa shape index (κ1) is 22.0. The van der Waals surface area contributed by atoms with E-state index in [1.54, 1.807) is 0 Å². The zero-order valence-electron chi connectivity index (χ0n) is 15.8. The van der Waals surface area contributed by atoms with Gasteiger partial charge < -0.3 is 30.9 Å². The summed E-state index contributed by atoms with van der Waals surface area (Å²) in [7, 11) is 0. The molecule has 0 spiro atoms. The van der Waals surface area contributed by atoms with Crippen LogP contribution >= 0.6 is 0 Å². The van der Waals surface area contributed by atoms with Gasteiger partial charge >= 0.3 is 0 Å². The van der Waals surface area contributed by atoms with Gasteiger partial charge in [0.1, 0.15) is 36.8 Å². The first-order valence-corrected chi connectivity index (χ1v) is 9.11. The summed E-state index contributed by atoms with van der Waals surface area (Å²) >= 11 is 0. The molecule has 154 valence electrons. The van der Waals surface area contributed by atoms with Gasteiger partial charge in [0.25, 0.3) is 0 Å². The van der Waals surface area contributed by atoms with Gasteiger partial charge in [-0.3, -0.25) is 4.57 Å². The van der Waals surface area contributed by atoms with Crippen LogP contribution in [-0.2, 0) is 9.47 Å². The second-order valence-electron chi connectivity index (χ2n) is 6.46. The number of nitrogen functional groups attached to an aromatic ring is 1. The summed E-state index contributed by atoms with van der Waals surface area (Å²) in [6.07, 6.45) is 3.32. The highest BCUT2D eigenvalue weighted by Gasteiger charge is 2.44. The van der Waals surface area contributed by atoms with Crippen molar-refractivity contribution >= 4 is 17.0 Å². The Hall–Kier alpha value is -2.29. The smallest absolute Gasteiger partial charge is 0.167 e. The molecule has 1 saturated heterocycles. The van der Waals surface area contributed by atoms with Crippen LogP contribution in [0.5, 0.6) is 0 Å². The maximum Gasteiger partial charge on any atom is 0.167 e. The molecule has 0 unspecified atom stereocenters. The molecular weight excluding hydrogens is 366 g/mol. The first-order chi connectivity index (χ1) is 13.1. The molecule has 0 aromatic carbocycles. The summed E-state index contributed by atoms with van der Waals surface area (Å²) in [5.41, 5.74) is 6.62. The molecule has 1 aliphatic rings. The molecule has 0 saturated carbocycles. The average molecular weight is 393 g/mol. The third-order valence-corrected chi connectivity index (χ3v) is 4.49. The average Bonchev–Trinajstić information content (AvgIpc) is 3.21. The second kappa shape index (κ2) is 10.3. The summed E-state index contributed by atoms with van der Waals surface area (Å²) < 4.78 is 12.8. The molecule has 3 rings (SSSR count).